The molecule has 0 bridgehead atoms. The van der Waals surface area contributed by atoms with E-state index >= 15 is 0 Å². The molecule has 0 amide bonds. The molecular weight excluding hydrogens is 100 g/mol. The number of rotatable bonds is 3. The van der Waals surface area contributed by atoms with Crippen molar-refractivity contribution in [1.29, 1.82) is 0 Å². The van der Waals surface area contributed by atoms with Crippen LogP contribution in [0.2, 0.25) is 0 Å². The Kier molecular flexibility index (Phi) is 3.94. The molecule has 0 aliphatic heterocycles. The molecule has 0 aromatic rings. The zero-order chi connectivity index (χ0) is 6.41. The molecule has 0 aliphatic carbocycles. The van der Waals surface area contributed by atoms with E-state index in [4.69, 9.17) is 0 Å². The fourth-order valence-electron chi connectivity index (χ4n) is 0.406. The minimum Gasteiger partial charge on any atom is -0.274 e. The Hall–Kier alpha value is -0.790. The van der Waals surface area contributed by atoms with Crippen LogP contribution in [0.3, 0.4) is 0 Å². The van der Waals surface area contributed by atoms with Gasteiger partial charge in [0.15, 0.2) is 0 Å². The Morgan fingerprint density at radius 2 is 2.38 bits per heavy atom. The number of hydrogen-bond acceptors (Lipinski definition) is 2. The molecule has 0 heterocycles. The second kappa shape index (κ2) is 4.37. The van der Waals surface area contributed by atoms with Crippen LogP contribution in [0, 0.1) is 0 Å². The highest BCUT2D eigenvalue weighted by Gasteiger charge is 1.82. The molecule has 8 heavy (non-hydrogen) atoms. The average Bonchev–Trinajstić information content (AvgIpc) is 1.83. The Labute approximate surface area is 50.5 Å². The molecule has 2 heteroatoms. The van der Waals surface area contributed by atoms with Crippen LogP contribution in [0.5, 0.6) is 0 Å². The van der Waals surface area contributed by atoms with Gasteiger partial charge in [0.1, 0.15) is 0 Å². The maximum Gasteiger partial charge on any atom is 0.0380 e. The average molecular weight is 112 g/mol. The van der Waals surface area contributed by atoms with Crippen molar-refractivity contribution in [1.82, 2.24) is 5.01 Å². The van der Waals surface area contributed by atoms with E-state index in [2.05, 4.69) is 11.7 Å². The van der Waals surface area contributed by atoms with Crippen molar-refractivity contribution in [3.63, 3.8) is 0 Å². The molecule has 2 nitrogen and oxygen atoms in total. The molecule has 46 valence electrons. The molecule has 0 fully saturated rings. The first-order valence-electron chi connectivity index (χ1n) is 2.73. The van der Waals surface area contributed by atoms with Gasteiger partial charge in [-0.1, -0.05) is 6.58 Å². The third kappa shape index (κ3) is 2.39. The van der Waals surface area contributed by atoms with E-state index in [9.17, 15) is 0 Å². The molecule has 0 N–H and O–H groups in total. The summed E-state index contributed by atoms with van der Waals surface area (Å²) >= 11 is 0. The fraction of sp³-hybridized carbons (Fsp3) is 0.500. The zero-order valence-electron chi connectivity index (χ0n) is 5.46. The van der Waals surface area contributed by atoms with E-state index in [0.717, 1.165) is 6.54 Å². The zero-order valence-corrected chi connectivity index (χ0v) is 5.46. The van der Waals surface area contributed by atoms with Gasteiger partial charge >= 0.3 is 0 Å². The van der Waals surface area contributed by atoms with Crippen molar-refractivity contribution in [2.45, 2.75) is 13.8 Å². The van der Waals surface area contributed by atoms with Crippen LogP contribution in [-0.2, 0) is 0 Å². The van der Waals surface area contributed by atoms with E-state index in [-0.39, 0.29) is 0 Å². The van der Waals surface area contributed by atoms with Crippen LogP contribution in [0.15, 0.2) is 17.9 Å². The SMILES string of the molecule is C=CN(CC)/N=C\C. The first kappa shape index (κ1) is 7.21. The monoisotopic (exact) mass is 112 g/mol. The Morgan fingerprint density at radius 3 is 2.50 bits per heavy atom. The lowest BCUT2D eigenvalue weighted by Gasteiger charge is -2.07. The lowest BCUT2D eigenvalue weighted by Crippen LogP contribution is -2.06. The predicted molar refractivity (Wildman–Crippen MR) is 36.7 cm³/mol. The van der Waals surface area contributed by atoms with E-state index in [1.54, 1.807) is 17.4 Å². The summed E-state index contributed by atoms with van der Waals surface area (Å²) in [4.78, 5) is 0. The summed E-state index contributed by atoms with van der Waals surface area (Å²) in [5, 5.41) is 5.72. The van der Waals surface area contributed by atoms with Gasteiger partial charge < -0.3 is 0 Å². The summed E-state index contributed by atoms with van der Waals surface area (Å²) in [5.74, 6) is 0. The van der Waals surface area contributed by atoms with Crippen molar-refractivity contribution in [2.75, 3.05) is 6.54 Å². The van der Waals surface area contributed by atoms with Gasteiger partial charge in [-0.25, -0.2) is 0 Å². The van der Waals surface area contributed by atoms with Crippen molar-refractivity contribution < 1.29 is 0 Å². The highest BCUT2D eigenvalue weighted by atomic mass is 15.4. The molecule has 0 radical (unpaired) electrons. The summed E-state index contributed by atoms with van der Waals surface area (Å²) in [7, 11) is 0. The number of hydrogen-bond donors (Lipinski definition) is 0. The fourth-order valence-corrected chi connectivity index (χ4v) is 0.406. The summed E-state index contributed by atoms with van der Waals surface area (Å²) < 4.78 is 0. The Morgan fingerprint density at radius 1 is 1.75 bits per heavy atom. The highest BCUT2D eigenvalue weighted by Crippen LogP contribution is 1.84. The predicted octanol–water partition coefficient (Wildman–Crippen LogP) is 1.46. The van der Waals surface area contributed by atoms with Gasteiger partial charge in [-0.05, 0) is 13.8 Å². The van der Waals surface area contributed by atoms with Gasteiger partial charge in [0, 0.05) is 19.0 Å². The second-order valence-corrected chi connectivity index (χ2v) is 1.31. The molecule has 0 aromatic carbocycles. The van der Waals surface area contributed by atoms with Gasteiger partial charge in [-0.2, -0.15) is 5.10 Å². The van der Waals surface area contributed by atoms with Crippen LogP contribution in [0.4, 0.5) is 0 Å². The second-order valence-electron chi connectivity index (χ2n) is 1.31. The summed E-state index contributed by atoms with van der Waals surface area (Å²) in [6.07, 6.45) is 3.44. The third-order valence-electron chi connectivity index (χ3n) is 0.799. The summed E-state index contributed by atoms with van der Waals surface area (Å²) in [6.45, 7) is 8.35. The van der Waals surface area contributed by atoms with Gasteiger partial charge in [0.25, 0.3) is 0 Å². The normalized spacial score (nSPS) is 9.75. The molecule has 0 spiro atoms. The summed E-state index contributed by atoms with van der Waals surface area (Å²) in [6, 6.07) is 0. The van der Waals surface area contributed by atoms with Crippen LogP contribution in [0.1, 0.15) is 13.8 Å². The number of hydrazone groups is 1. The molecule has 0 saturated carbocycles. The smallest absolute Gasteiger partial charge is 0.0380 e. The van der Waals surface area contributed by atoms with Crippen LogP contribution >= 0.6 is 0 Å². The van der Waals surface area contributed by atoms with Crippen LogP contribution < -0.4 is 0 Å². The minimum absolute atomic E-state index is 0.883. The Bertz CT molecular complexity index is 86.5. The molecule has 0 unspecified atom stereocenters. The Balaban J connectivity index is 3.52. The van der Waals surface area contributed by atoms with Crippen molar-refractivity contribution in [2.24, 2.45) is 5.10 Å². The van der Waals surface area contributed by atoms with E-state index in [1.165, 1.54) is 0 Å². The van der Waals surface area contributed by atoms with E-state index in [1.807, 2.05) is 13.8 Å². The van der Waals surface area contributed by atoms with E-state index in [0.29, 0.717) is 0 Å². The quantitative estimate of drug-likeness (QED) is 0.398. The largest absolute Gasteiger partial charge is 0.274 e. The third-order valence-corrected chi connectivity index (χ3v) is 0.799. The van der Waals surface area contributed by atoms with Crippen molar-refractivity contribution in [3.8, 4) is 0 Å². The van der Waals surface area contributed by atoms with Gasteiger partial charge in [0.2, 0.25) is 0 Å². The maximum absolute atomic E-state index is 3.95. The van der Waals surface area contributed by atoms with Crippen molar-refractivity contribution >= 4 is 6.21 Å². The molecule has 0 atom stereocenters. The highest BCUT2D eigenvalue weighted by molar-refractivity contribution is 5.52. The molecule has 0 aliphatic rings. The molecular formula is C6H12N2. The van der Waals surface area contributed by atoms with Gasteiger partial charge in [0.05, 0.1) is 0 Å². The van der Waals surface area contributed by atoms with Crippen molar-refractivity contribution in [3.05, 3.63) is 12.8 Å². The topological polar surface area (TPSA) is 15.6 Å². The lowest BCUT2D eigenvalue weighted by atomic mass is 10.7. The van der Waals surface area contributed by atoms with Gasteiger partial charge in [-0.15, -0.1) is 0 Å². The molecule has 0 aromatic heterocycles. The van der Waals surface area contributed by atoms with Gasteiger partial charge in [-0.3, -0.25) is 5.01 Å². The molecule has 0 saturated heterocycles. The maximum atomic E-state index is 3.95. The standard InChI is InChI=1S/C6H12N2/c1-4-7-8(5-2)6-3/h4-5H,2,6H2,1,3H3/b7-4-. The first-order valence-corrected chi connectivity index (χ1v) is 2.73. The molecule has 0 rings (SSSR count). The minimum atomic E-state index is 0.883. The number of nitrogens with zero attached hydrogens (tertiary/aromatic N) is 2. The summed E-state index contributed by atoms with van der Waals surface area (Å²) in [5.41, 5.74) is 0. The first-order chi connectivity index (χ1) is 3.85. The lowest BCUT2D eigenvalue weighted by molar-refractivity contribution is 0.425. The van der Waals surface area contributed by atoms with E-state index < -0.39 is 0 Å². The van der Waals surface area contributed by atoms with Crippen LogP contribution in [-0.4, -0.2) is 17.8 Å². The van der Waals surface area contributed by atoms with Crippen LogP contribution in [0.25, 0.3) is 0 Å².